The molecule has 0 atom stereocenters. The lowest BCUT2D eigenvalue weighted by atomic mass is 10.1. The molecule has 0 aliphatic carbocycles. The number of carbonyl (C=O) groups is 1. The molecule has 1 heterocycles. The molecule has 1 N–H and O–H groups in total. The first-order valence-electron chi connectivity index (χ1n) is 4.89. The zero-order valence-electron chi connectivity index (χ0n) is 9.31. The SMILES string of the molecule is COC(=O)c1c(O)c2cc(C)ccc2oc1=O. The molecule has 0 aliphatic rings. The number of methoxy groups -OCH3 is 1. The van der Waals surface area contributed by atoms with E-state index in [0.29, 0.717) is 5.39 Å². The Kier molecular flexibility index (Phi) is 2.59. The van der Waals surface area contributed by atoms with Crippen molar-refractivity contribution in [2.45, 2.75) is 6.92 Å². The lowest BCUT2D eigenvalue weighted by Gasteiger charge is -2.05. The maximum absolute atomic E-state index is 11.5. The third kappa shape index (κ3) is 1.75. The summed E-state index contributed by atoms with van der Waals surface area (Å²) < 4.78 is 9.35. The number of aryl methyl sites for hydroxylation is 1. The molecule has 0 spiro atoms. The molecular formula is C12H10O5. The van der Waals surface area contributed by atoms with Crippen LogP contribution < -0.4 is 5.63 Å². The number of fused-ring (bicyclic) bond motifs is 1. The van der Waals surface area contributed by atoms with E-state index in [1.54, 1.807) is 18.2 Å². The lowest BCUT2D eigenvalue weighted by molar-refractivity contribution is 0.0593. The van der Waals surface area contributed by atoms with Crippen LogP contribution in [0.15, 0.2) is 27.4 Å². The van der Waals surface area contributed by atoms with Crippen molar-refractivity contribution < 1.29 is 19.1 Å². The number of hydrogen-bond donors (Lipinski definition) is 1. The molecule has 5 heteroatoms. The summed E-state index contributed by atoms with van der Waals surface area (Å²) >= 11 is 0. The van der Waals surface area contributed by atoms with Crippen molar-refractivity contribution >= 4 is 16.9 Å². The Bertz CT molecular complexity index is 654. The lowest BCUT2D eigenvalue weighted by Crippen LogP contribution is -2.15. The van der Waals surface area contributed by atoms with Crippen LogP contribution in [0.5, 0.6) is 5.75 Å². The van der Waals surface area contributed by atoms with Crippen molar-refractivity contribution in [3.05, 3.63) is 39.7 Å². The molecule has 17 heavy (non-hydrogen) atoms. The Hall–Kier alpha value is -2.30. The third-order valence-electron chi connectivity index (χ3n) is 2.42. The average Bonchev–Trinajstić information content (AvgIpc) is 2.30. The summed E-state index contributed by atoms with van der Waals surface area (Å²) in [7, 11) is 1.13. The molecule has 0 fully saturated rings. The largest absolute Gasteiger partial charge is 0.506 e. The van der Waals surface area contributed by atoms with Crippen molar-refractivity contribution in [3.8, 4) is 5.75 Å². The number of carbonyl (C=O) groups excluding carboxylic acids is 1. The highest BCUT2D eigenvalue weighted by molar-refractivity contribution is 5.98. The van der Waals surface area contributed by atoms with Gasteiger partial charge in [-0.1, -0.05) is 11.6 Å². The van der Waals surface area contributed by atoms with Gasteiger partial charge in [0, 0.05) is 0 Å². The number of esters is 1. The number of hydrogen-bond acceptors (Lipinski definition) is 5. The van der Waals surface area contributed by atoms with Crippen molar-refractivity contribution in [2.24, 2.45) is 0 Å². The maximum atomic E-state index is 11.5. The normalized spacial score (nSPS) is 10.5. The van der Waals surface area contributed by atoms with E-state index in [0.717, 1.165) is 12.7 Å². The van der Waals surface area contributed by atoms with Crippen LogP contribution in [-0.4, -0.2) is 18.2 Å². The predicted octanol–water partition coefficient (Wildman–Crippen LogP) is 1.59. The van der Waals surface area contributed by atoms with Crippen LogP contribution in [0.25, 0.3) is 11.0 Å². The molecule has 2 rings (SSSR count). The van der Waals surface area contributed by atoms with Gasteiger partial charge in [0.15, 0.2) is 5.56 Å². The Balaban J connectivity index is 2.87. The maximum Gasteiger partial charge on any atom is 0.354 e. The second kappa shape index (κ2) is 3.93. The highest BCUT2D eigenvalue weighted by atomic mass is 16.5. The van der Waals surface area contributed by atoms with E-state index in [-0.39, 0.29) is 5.58 Å². The molecule has 0 saturated carbocycles. The van der Waals surface area contributed by atoms with E-state index in [4.69, 9.17) is 4.42 Å². The number of rotatable bonds is 1. The summed E-state index contributed by atoms with van der Waals surface area (Å²) in [5.74, 6) is -1.33. The molecule has 0 amide bonds. The first-order valence-corrected chi connectivity index (χ1v) is 4.89. The number of benzene rings is 1. The Labute approximate surface area is 96.2 Å². The van der Waals surface area contributed by atoms with Crippen molar-refractivity contribution in [3.63, 3.8) is 0 Å². The Morgan fingerprint density at radius 3 is 2.76 bits per heavy atom. The minimum absolute atomic E-state index is 0.228. The van der Waals surface area contributed by atoms with E-state index >= 15 is 0 Å². The van der Waals surface area contributed by atoms with Crippen molar-refractivity contribution in [1.29, 1.82) is 0 Å². The summed E-state index contributed by atoms with van der Waals surface area (Å²) in [5.41, 5.74) is -0.292. The van der Waals surface area contributed by atoms with E-state index in [1.165, 1.54) is 0 Å². The minimum Gasteiger partial charge on any atom is -0.506 e. The monoisotopic (exact) mass is 234 g/mol. The third-order valence-corrected chi connectivity index (χ3v) is 2.42. The molecule has 2 aromatic rings. The molecule has 0 saturated heterocycles. The highest BCUT2D eigenvalue weighted by Crippen LogP contribution is 2.27. The van der Waals surface area contributed by atoms with Crippen molar-refractivity contribution in [1.82, 2.24) is 0 Å². The van der Waals surface area contributed by atoms with Gasteiger partial charge in [0.05, 0.1) is 12.5 Å². The van der Waals surface area contributed by atoms with Gasteiger partial charge in [-0.2, -0.15) is 0 Å². The first-order chi connectivity index (χ1) is 8.04. The molecule has 5 nitrogen and oxygen atoms in total. The second-order valence-electron chi connectivity index (χ2n) is 3.60. The fourth-order valence-corrected chi connectivity index (χ4v) is 1.58. The highest BCUT2D eigenvalue weighted by Gasteiger charge is 2.21. The molecular weight excluding hydrogens is 224 g/mol. The van der Waals surface area contributed by atoms with Gasteiger partial charge in [-0.3, -0.25) is 0 Å². The summed E-state index contributed by atoms with van der Waals surface area (Å²) in [6.45, 7) is 1.82. The van der Waals surface area contributed by atoms with Crippen LogP contribution in [-0.2, 0) is 4.74 Å². The van der Waals surface area contributed by atoms with Gasteiger partial charge >= 0.3 is 11.6 Å². The van der Waals surface area contributed by atoms with Gasteiger partial charge in [-0.25, -0.2) is 9.59 Å². The van der Waals surface area contributed by atoms with Crippen LogP contribution in [0.1, 0.15) is 15.9 Å². The predicted molar refractivity (Wildman–Crippen MR) is 60.2 cm³/mol. The summed E-state index contributed by atoms with van der Waals surface area (Å²) in [6.07, 6.45) is 0. The van der Waals surface area contributed by atoms with E-state index < -0.39 is 22.9 Å². The molecule has 0 unspecified atom stereocenters. The molecule has 1 aromatic heterocycles. The molecule has 1 aromatic carbocycles. The number of ether oxygens (including phenoxy) is 1. The van der Waals surface area contributed by atoms with Gasteiger partial charge in [0.1, 0.15) is 11.3 Å². The minimum atomic E-state index is -0.917. The van der Waals surface area contributed by atoms with Crippen LogP contribution in [0.3, 0.4) is 0 Å². The van der Waals surface area contributed by atoms with Crippen LogP contribution in [0.2, 0.25) is 0 Å². The molecule has 88 valence electrons. The topological polar surface area (TPSA) is 76.7 Å². The van der Waals surface area contributed by atoms with Gasteiger partial charge < -0.3 is 14.3 Å². The van der Waals surface area contributed by atoms with Crippen LogP contribution >= 0.6 is 0 Å². The second-order valence-corrected chi connectivity index (χ2v) is 3.60. The van der Waals surface area contributed by atoms with E-state index in [2.05, 4.69) is 4.74 Å². The summed E-state index contributed by atoms with van der Waals surface area (Å²) in [4.78, 5) is 22.9. The van der Waals surface area contributed by atoms with Crippen molar-refractivity contribution in [2.75, 3.05) is 7.11 Å². The Morgan fingerprint density at radius 1 is 1.41 bits per heavy atom. The van der Waals surface area contributed by atoms with Crippen LogP contribution in [0.4, 0.5) is 0 Å². The summed E-state index contributed by atoms with van der Waals surface area (Å²) in [6, 6.07) is 4.93. The molecule has 0 bridgehead atoms. The van der Waals surface area contributed by atoms with Crippen LogP contribution in [0, 0.1) is 6.92 Å². The Morgan fingerprint density at radius 2 is 2.12 bits per heavy atom. The fraction of sp³-hybridized carbons (Fsp3) is 0.167. The van der Waals surface area contributed by atoms with Gasteiger partial charge in [0.25, 0.3) is 0 Å². The van der Waals surface area contributed by atoms with Gasteiger partial charge in [-0.15, -0.1) is 0 Å². The van der Waals surface area contributed by atoms with Gasteiger partial charge in [0.2, 0.25) is 0 Å². The molecule has 0 aliphatic heterocycles. The van der Waals surface area contributed by atoms with E-state index in [9.17, 15) is 14.7 Å². The number of aromatic hydroxyl groups is 1. The smallest absolute Gasteiger partial charge is 0.354 e. The zero-order chi connectivity index (χ0) is 12.6. The van der Waals surface area contributed by atoms with E-state index in [1.807, 2.05) is 6.92 Å². The fourth-order valence-electron chi connectivity index (χ4n) is 1.58. The first kappa shape index (κ1) is 11.2. The molecule has 0 radical (unpaired) electrons. The quantitative estimate of drug-likeness (QED) is 0.599. The summed E-state index contributed by atoms with van der Waals surface area (Å²) in [5, 5.41) is 10.2. The van der Waals surface area contributed by atoms with Gasteiger partial charge in [-0.05, 0) is 19.1 Å². The average molecular weight is 234 g/mol. The standard InChI is InChI=1S/C12H10O5/c1-6-3-4-8-7(5-6)10(13)9(11(14)16-2)12(15)17-8/h3-5,13H,1-2H3. The zero-order valence-corrected chi connectivity index (χ0v) is 9.31.